The van der Waals surface area contributed by atoms with Gasteiger partial charge in [-0.05, 0) is 90.2 Å². The van der Waals surface area contributed by atoms with Gasteiger partial charge >= 0.3 is 6.09 Å². The molecule has 7 heteroatoms. The average molecular weight is 491 g/mol. The third-order valence-electron chi connectivity index (χ3n) is 7.13. The Morgan fingerprint density at radius 2 is 1.78 bits per heavy atom. The molecule has 1 amide bonds. The zero-order valence-corrected chi connectivity index (χ0v) is 21.7. The van der Waals surface area contributed by atoms with Gasteiger partial charge in [0.15, 0.2) is 0 Å². The number of amides is 1. The molecule has 2 aliphatic rings. The molecule has 36 heavy (non-hydrogen) atoms. The Labute approximate surface area is 213 Å². The van der Waals surface area contributed by atoms with E-state index in [1.165, 1.54) is 32.4 Å². The Hall–Kier alpha value is -3.19. The molecule has 2 heterocycles. The monoisotopic (exact) mass is 490 g/mol. The molecule has 3 aromatic rings. The van der Waals surface area contributed by atoms with Crippen LogP contribution < -0.4 is 15.8 Å². The van der Waals surface area contributed by atoms with E-state index in [0.717, 1.165) is 53.0 Å². The number of nitrogens with zero attached hydrogens (tertiary/aromatic N) is 2. The van der Waals surface area contributed by atoms with E-state index in [2.05, 4.69) is 26.9 Å². The third-order valence-corrected chi connectivity index (χ3v) is 7.13. The van der Waals surface area contributed by atoms with Gasteiger partial charge < -0.3 is 19.8 Å². The summed E-state index contributed by atoms with van der Waals surface area (Å²) in [6, 6.07) is 14.5. The van der Waals surface area contributed by atoms with Gasteiger partial charge in [0.1, 0.15) is 18.0 Å². The lowest BCUT2D eigenvalue weighted by molar-refractivity contribution is 0.0636. The Kier molecular flexibility index (Phi) is 6.84. The van der Waals surface area contributed by atoms with E-state index < -0.39 is 11.7 Å². The number of rotatable bonds is 7. The van der Waals surface area contributed by atoms with Crippen molar-refractivity contribution in [1.82, 2.24) is 9.47 Å². The van der Waals surface area contributed by atoms with Crippen molar-refractivity contribution < 1.29 is 14.3 Å². The molecule has 3 N–H and O–H groups in total. The topological polar surface area (TPSA) is 81.8 Å². The fourth-order valence-corrected chi connectivity index (χ4v) is 5.16. The number of fused-ring (bicyclic) bond motifs is 1. The third kappa shape index (κ3) is 5.31. The number of hydrogen-bond donors (Lipinski definition) is 2. The van der Waals surface area contributed by atoms with Crippen LogP contribution >= 0.6 is 0 Å². The Bertz CT molecular complexity index is 1220. The number of carbonyl (C=O) groups excluding carboxylic acids is 1. The molecule has 1 aliphatic carbocycles. The number of aromatic nitrogens is 1. The second kappa shape index (κ2) is 10.1. The standard InChI is InChI=1S/C29H38N4O3/c1-29(2,3)36-28(34)31-21-11-9-20(10-12-21)27-26(30)24-14-13-23(35-18-17-32-15-4-5-16-32)19-25(24)33(27)22-7-6-8-22/h9-14,19,22H,4-8,15-18,30H2,1-3H3,(H,31,34). The highest BCUT2D eigenvalue weighted by molar-refractivity contribution is 6.01. The van der Waals surface area contributed by atoms with Crippen LogP contribution in [0.3, 0.4) is 0 Å². The first kappa shape index (κ1) is 24.5. The summed E-state index contributed by atoms with van der Waals surface area (Å²) in [5, 5.41) is 3.86. The van der Waals surface area contributed by atoms with Crippen molar-refractivity contribution in [3.8, 4) is 17.0 Å². The summed E-state index contributed by atoms with van der Waals surface area (Å²) in [7, 11) is 0. The number of ether oxygens (including phenoxy) is 2. The molecular weight excluding hydrogens is 452 g/mol. The summed E-state index contributed by atoms with van der Waals surface area (Å²) in [5.41, 5.74) is 10.9. The zero-order chi connectivity index (χ0) is 25.3. The quantitative estimate of drug-likeness (QED) is 0.398. The molecular formula is C29H38N4O3. The van der Waals surface area contributed by atoms with Crippen molar-refractivity contribution in [2.75, 3.05) is 37.3 Å². The molecule has 0 spiro atoms. The molecule has 1 aliphatic heterocycles. The van der Waals surface area contributed by atoms with Gasteiger partial charge in [-0.15, -0.1) is 0 Å². The molecule has 5 rings (SSSR count). The smallest absolute Gasteiger partial charge is 0.412 e. The molecule has 192 valence electrons. The first-order valence-corrected chi connectivity index (χ1v) is 13.2. The van der Waals surface area contributed by atoms with Crippen molar-refractivity contribution in [3.63, 3.8) is 0 Å². The van der Waals surface area contributed by atoms with Crippen molar-refractivity contribution in [1.29, 1.82) is 0 Å². The normalized spacial score (nSPS) is 16.8. The van der Waals surface area contributed by atoms with E-state index in [1.807, 2.05) is 51.1 Å². The minimum atomic E-state index is -0.543. The highest BCUT2D eigenvalue weighted by Crippen LogP contribution is 2.45. The van der Waals surface area contributed by atoms with Crippen LogP contribution in [0.25, 0.3) is 22.2 Å². The van der Waals surface area contributed by atoms with E-state index in [0.29, 0.717) is 18.3 Å². The molecule has 1 aromatic heterocycles. The van der Waals surface area contributed by atoms with Crippen molar-refractivity contribution >= 4 is 28.4 Å². The van der Waals surface area contributed by atoms with Crippen molar-refractivity contribution in [2.24, 2.45) is 0 Å². The maximum atomic E-state index is 12.2. The van der Waals surface area contributed by atoms with E-state index in [-0.39, 0.29) is 0 Å². The zero-order valence-electron chi connectivity index (χ0n) is 21.7. The molecule has 1 saturated carbocycles. The van der Waals surface area contributed by atoms with E-state index in [9.17, 15) is 4.79 Å². The van der Waals surface area contributed by atoms with Crippen molar-refractivity contribution in [3.05, 3.63) is 42.5 Å². The molecule has 0 bridgehead atoms. The van der Waals surface area contributed by atoms with Gasteiger partial charge in [0.05, 0.1) is 16.9 Å². The Morgan fingerprint density at radius 1 is 1.06 bits per heavy atom. The molecule has 2 fully saturated rings. The summed E-state index contributed by atoms with van der Waals surface area (Å²) in [6.45, 7) is 9.58. The van der Waals surface area contributed by atoms with E-state index in [4.69, 9.17) is 15.2 Å². The summed E-state index contributed by atoms with van der Waals surface area (Å²) < 4.78 is 13.9. The Morgan fingerprint density at radius 3 is 2.42 bits per heavy atom. The number of carbonyl (C=O) groups is 1. The van der Waals surface area contributed by atoms with Gasteiger partial charge in [-0.2, -0.15) is 0 Å². The Balaban J connectivity index is 1.40. The van der Waals surface area contributed by atoms with Gasteiger partial charge in [0, 0.05) is 35.3 Å². The number of nitrogen functional groups attached to an aromatic ring is 1. The van der Waals surface area contributed by atoms with Gasteiger partial charge in [0.2, 0.25) is 0 Å². The van der Waals surface area contributed by atoms with Crippen LogP contribution in [0.5, 0.6) is 5.75 Å². The first-order chi connectivity index (χ1) is 17.3. The number of hydrogen-bond acceptors (Lipinski definition) is 5. The van der Waals surface area contributed by atoms with Crippen LogP contribution in [0.2, 0.25) is 0 Å². The maximum absolute atomic E-state index is 12.2. The second-order valence-electron chi connectivity index (χ2n) is 11.0. The molecule has 2 aromatic carbocycles. The highest BCUT2D eigenvalue weighted by Gasteiger charge is 2.27. The maximum Gasteiger partial charge on any atom is 0.412 e. The van der Waals surface area contributed by atoms with Gasteiger partial charge in [-0.1, -0.05) is 12.1 Å². The molecule has 1 saturated heterocycles. The minimum absolute atomic E-state index is 0.430. The van der Waals surface area contributed by atoms with Gasteiger partial charge in [0.25, 0.3) is 0 Å². The molecule has 0 unspecified atom stereocenters. The summed E-state index contributed by atoms with van der Waals surface area (Å²) in [5.74, 6) is 0.892. The highest BCUT2D eigenvalue weighted by atomic mass is 16.6. The van der Waals surface area contributed by atoms with Crippen LogP contribution in [0.15, 0.2) is 42.5 Å². The number of benzene rings is 2. The number of anilines is 2. The lowest BCUT2D eigenvalue weighted by Gasteiger charge is -2.30. The molecule has 0 radical (unpaired) electrons. The number of nitrogens with one attached hydrogen (secondary N) is 1. The van der Waals surface area contributed by atoms with Crippen molar-refractivity contribution in [2.45, 2.75) is 64.5 Å². The van der Waals surface area contributed by atoms with E-state index in [1.54, 1.807) is 0 Å². The van der Waals surface area contributed by atoms with Crippen LogP contribution in [-0.2, 0) is 4.74 Å². The van der Waals surface area contributed by atoms with Gasteiger partial charge in [-0.25, -0.2) is 4.79 Å². The van der Waals surface area contributed by atoms with E-state index >= 15 is 0 Å². The molecule has 0 atom stereocenters. The summed E-state index contributed by atoms with van der Waals surface area (Å²) >= 11 is 0. The van der Waals surface area contributed by atoms with Crippen LogP contribution in [-0.4, -0.2) is 47.4 Å². The largest absolute Gasteiger partial charge is 0.492 e. The van der Waals surface area contributed by atoms with Gasteiger partial charge in [-0.3, -0.25) is 10.2 Å². The number of nitrogens with two attached hydrogens (primary N) is 1. The second-order valence-corrected chi connectivity index (χ2v) is 11.0. The van der Waals surface area contributed by atoms with Crippen LogP contribution in [0.4, 0.5) is 16.2 Å². The average Bonchev–Trinajstić information content (AvgIpc) is 3.39. The lowest BCUT2D eigenvalue weighted by atomic mass is 9.92. The fraction of sp³-hybridized carbons (Fsp3) is 0.483. The predicted octanol–water partition coefficient (Wildman–Crippen LogP) is 6.44. The van der Waals surface area contributed by atoms with Crippen LogP contribution in [0, 0.1) is 0 Å². The summed E-state index contributed by atoms with van der Waals surface area (Å²) in [4.78, 5) is 14.6. The predicted molar refractivity (Wildman–Crippen MR) is 146 cm³/mol. The SMILES string of the molecule is CC(C)(C)OC(=O)Nc1ccc(-c2c(N)c3ccc(OCCN4CCCC4)cc3n2C2CCC2)cc1. The first-order valence-electron chi connectivity index (χ1n) is 13.2. The lowest BCUT2D eigenvalue weighted by Crippen LogP contribution is -2.27. The fourth-order valence-electron chi connectivity index (χ4n) is 5.16. The molecule has 7 nitrogen and oxygen atoms in total. The van der Waals surface area contributed by atoms with Crippen LogP contribution in [0.1, 0.15) is 58.9 Å². The minimum Gasteiger partial charge on any atom is -0.492 e. The number of likely N-dealkylation sites (tertiary alicyclic amines) is 1. The summed E-state index contributed by atoms with van der Waals surface area (Å²) in [6.07, 6.45) is 5.65.